The van der Waals surface area contributed by atoms with E-state index in [1.807, 2.05) is 0 Å². The Hall–Kier alpha value is -2.87. The van der Waals surface area contributed by atoms with Crippen LogP contribution in [0.2, 0.25) is 0 Å². The third-order valence-electron chi connectivity index (χ3n) is 4.30. The number of primary amides is 1. The van der Waals surface area contributed by atoms with Crippen molar-refractivity contribution in [3.05, 3.63) is 0 Å². The maximum atomic E-state index is 12.6. The van der Waals surface area contributed by atoms with Crippen LogP contribution in [0.25, 0.3) is 0 Å². The first-order valence-corrected chi connectivity index (χ1v) is 11.2. The van der Waals surface area contributed by atoms with Crippen molar-refractivity contribution in [2.24, 2.45) is 11.5 Å². The molecule has 0 fully saturated rings. The third kappa shape index (κ3) is 12.1. The highest BCUT2D eigenvalue weighted by Gasteiger charge is 2.28. The van der Waals surface area contributed by atoms with Gasteiger partial charge < -0.3 is 37.6 Å². The Balaban J connectivity index is 5.08. The molecule has 182 valence electrons. The van der Waals surface area contributed by atoms with Gasteiger partial charge >= 0.3 is 11.9 Å². The Labute approximate surface area is 189 Å². The second-order valence-corrected chi connectivity index (χ2v) is 8.00. The van der Waals surface area contributed by atoms with Gasteiger partial charge in [0.1, 0.15) is 18.1 Å². The summed E-state index contributed by atoms with van der Waals surface area (Å²) in [7, 11) is 0. The van der Waals surface area contributed by atoms with E-state index in [0.29, 0.717) is 5.75 Å². The van der Waals surface area contributed by atoms with E-state index in [0.717, 1.165) is 0 Å². The van der Waals surface area contributed by atoms with E-state index >= 15 is 0 Å². The van der Waals surface area contributed by atoms with Gasteiger partial charge in [-0.05, 0) is 38.2 Å². The van der Waals surface area contributed by atoms with Gasteiger partial charge in [-0.25, -0.2) is 4.79 Å². The van der Waals surface area contributed by atoms with Crippen molar-refractivity contribution in [2.75, 3.05) is 12.0 Å². The van der Waals surface area contributed by atoms with Crippen LogP contribution in [0.1, 0.15) is 39.0 Å². The Morgan fingerprint density at radius 1 is 0.844 bits per heavy atom. The Morgan fingerprint density at radius 2 is 1.44 bits per heavy atom. The van der Waals surface area contributed by atoms with E-state index in [4.69, 9.17) is 16.6 Å². The first kappa shape index (κ1) is 29.1. The molecule has 0 bridgehead atoms. The Bertz CT molecular complexity index is 705. The highest BCUT2D eigenvalue weighted by molar-refractivity contribution is 7.98. The molecular weight excluding hydrogens is 446 g/mol. The standard InChI is InChI=1S/C18H31N5O8S/c1-9(15(27)23-12(18(30)31)7-8-32-2)21-17(29)11(4-6-14(25)26)22-16(28)10(19)3-5-13(20)24/h9-12H,3-8,19H2,1-2H3,(H2,20,24)(H,21,29)(H,22,28)(H,23,27)(H,25,26)(H,30,31). The van der Waals surface area contributed by atoms with Crippen LogP contribution in [0.4, 0.5) is 0 Å². The summed E-state index contributed by atoms with van der Waals surface area (Å²) < 4.78 is 0. The first-order chi connectivity index (χ1) is 14.9. The van der Waals surface area contributed by atoms with Crippen LogP contribution in [0, 0.1) is 0 Å². The molecule has 32 heavy (non-hydrogen) atoms. The molecule has 0 aromatic heterocycles. The van der Waals surface area contributed by atoms with E-state index in [1.165, 1.54) is 18.7 Å². The number of nitrogens with one attached hydrogen (secondary N) is 3. The summed E-state index contributed by atoms with van der Waals surface area (Å²) in [4.78, 5) is 70.0. The van der Waals surface area contributed by atoms with Crippen LogP contribution in [-0.2, 0) is 28.8 Å². The summed E-state index contributed by atoms with van der Waals surface area (Å²) in [5.41, 5.74) is 10.7. The summed E-state index contributed by atoms with van der Waals surface area (Å²) in [5.74, 6) is -4.99. The monoisotopic (exact) mass is 477 g/mol. The number of thioether (sulfide) groups is 1. The molecule has 0 saturated carbocycles. The molecule has 4 unspecified atom stereocenters. The number of rotatable bonds is 16. The quantitative estimate of drug-likeness (QED) is 0.126. The molecule has 0 heterocycles. The van der Waals surface area contributed by atoms with Crippen molar-refractivity contribution >= 4 is 47.3 Å². The first-order valence-electron chi connectivity index (χ1n) is 9.77. The minimum atomic E-state index is -1.32. The van der Waals surface area contributed by atoms with Crippen LogP contribution in [0.15, 0.2) is 0 Å². The van der Waals surface area contributed by atoms with Crippen molar-refractivity contribution in [3.63, 3.8) is 0 Å². The number of carboxylic acid groups (broad SMARTS) is 2. The number of nitrogens with two attached hydrogens (primary N) is 2. The van der Waals surface area contributed by atoms with Crippen LogP contribution >= 0.6 is 11.8 Å². The largest absolute Gasteiger partial charge is 0.481 e. The van der Waals surface area contributed by atoms with Gasteiger partial charge in [0.25, 0.3) is 0 Å². The molecule has 0 radical (unpaired) electrons. The molecule has 0 spiro atoms. The minimum Gasteiger partial charge on any atom is -0.481 e. The van der Waals surface area contributed by atoms with Gasteiger partial charge in [-0.3, -0.25) is 24.0 Å². The van der Waals surface area contributed by atoms with E-state index in [2.05, 4.69) is 16.0 Å². The van der Waals surface area contributed by atoms with E-state index in [1.54, 1.807) is 6.26 Å². The topological polar surface area (TPSA) is 231 Å². The van der Waals surface area contributed by atoms with E-state index in [-0.39, 0.29) is 25.7 Å². The zero-order chi connectivity index (χ0) is 24.8. The van der Waals surface area contributed by atoms with Crippen molar-refractivity contribution in [1.82, 2.24) is 16.0 Å². The predicted octanol–water partition coefficient (Wildman–Crippen LogP) is -2.24. The number of carboxylic acids is 2. The maximum absolute atomic E-state index is 12.6. The fourth-order valence-electron chi connectivity index (χ4n) is 2.41. The second kappa shape index (κ2) is 15.0. The number of amides is 4. The molecule has 0 aliphatic rings. The zero-order valence-corrected chi connectivity index (χ0v) is 18.8. The lowest BCUT2D eigenvalue weighted by Crippen LogP contribution is -2.56. The summed E-state index contributed by atoms with van der Waals surface area (Å²) in [6, 6.07) is -4.78. The summed E-state index contributed by atoms with van der Waals surface area (Å²) >= 11 is 1.41. The lowest BCUT2D eigenvalue weighted by molar-refractivity contribution is -0.142. The summed E-state index contributed by atoms with van der Waals surface area (Å²) in [6.07, 6.45) is 1.01. The predicted molar refractivity (Wildman–Crippen MR) is 115 cm³/mol. The normalized spacial score (nSPS) is 14.3. The maximum Gasteiger partial charge on any atom is 0.326 e. The molecule has 13 nitrogen and oxygen atoms in total. The van der Waals surface area contributed by atoms with Crippen LogP contribution in [0.5, 0.6) is 0 Å². The zero-order valence-electron chi connectivity index (χ0n) is 18.0. The molecule has 9 N–H and O–H groups in total. The Morgan fingerprint density at radius 3 is 1.94 bits per heavy atom. The van der Waals surface area contributed by atoms with E-state index in [9.17, 15) is 33.9 Å². The average Bonchev–Trinajstić information content (AvgIpc) is 2.71. The lowest BCUT2D eigenvalue weighted by atomic mass is 10.1. The fraction of sp³-hybridized carbons (Fsp3) is 0.667. The van der Waals surface area contributed by atoms with Crippen molar-refractivity contribution < 1.29 is 39.0 Å². The Kier molecular flexibility index (Phi) is 13.7. The van der Waals surface area contributed by atoms with Crippen LogP contribution < -0.4 is 27.4 Å². The number of aliphatic carboxylic acids is 2. The molecule has 14 heteroatoms. The van der Waals surface area contributed by atoms with E-state index < -0.39 is 66.2 Å². The van der Waals surface area contributed by atoms with Gasteiger partial charge in [-0.2, -0.15) is 11.8 Å². The highest BCUT2D eigenvalue weighted by Crippen LogP contribution is 2.04. The number of carbonyl (C=O) groups excluding carboxylic acids is 4. The van der Waals surface area contributed by atoms with Crippen molar-refractivity contribution in [2.45, 2.75) is 63.2 Å². The molecule has 0 aliphatic carbocycles. The number of carbonyl (C=O) groups is 6. The lowest BCUT2D eigenvalue weighted by Gasteiger charge is -2.23. The number of hydrogen-bond donors (Lipinski definition) is 7. The molecule has 0 aliphatic heterocycles. The van der Waals surface area contributed by atoms with Crippen LogP contribution in [-0.4, -0.2) is 82.0 Å². The van der Waals surface area contributed by atoms with Gasteiger partial charge in [0, 0.05) is 12.8 Å². The van der Waals surface area contributed by atoms with Gasteiger partial charge in [-0.1, -0.05) is 0 Å². The minimum absolute atomic E-state index is 0.0696. The SMILES string of the molecule is CSCCC(NC(=O)C(C)NC(=O)C(CCC(=O)O)NC(=O)C(N)CCC(N)=O)C(=O)O. The molecular formula is C18H31N5O8S. The second-order valence-electron chi connectivity index (χ2n) is 7.02. The summed E-state index contributed by atoms with van der Waals surface area (Å²) in [5, 5.41) is 25.0. The smallest absolute Gasteiger partial charge is 0.326 e. The van der Waals surface area contributed by atoms with Gasteiger partial charge in [0.2, 0.25) is 23.6 Å². The average molecular weight is 478 g/mol. The van der Waals surface area contributed by atoms with Gasteiger partial charge in [0.05, 0.1) is 6.04 Å². The van der Waals surface area contributed by atoms with Crippen molar-refractivity contribution in [3.8, 4) is 0 Å². The molecule has 0 aromatic rings. The molecule has 0 aromatic carbocycles. The summed E-state index contributed by atoms with van der Waals surface area (Å²) in [6.45, 7) is 1.31. The highest BCUT2D eigenvalue weighted by atomic mass is 32.2. The molecule has 4 amide bonds. The fourth-order valence-corrected chi connectivity index (χ4v) is 2.88. The molecule has 0 saturated heterocycles. The molecule has 4 atom stereocenters. The number of hydrogen-bond acceptors (Lipinski definition) is 8. The van der Waals surface area contributed by atoms with Gasteiger partial charge in [0.15, 0.2) is 0 Å². The third-order valence-corrected chi connectivity index (χ3v) is 4.94. The van der Waals surface area contributed by atoms with Crippen LogP contribution in [0.3, 0.4) is 0 Å². The van der Waals surface area contributed by atoms with Gasteiger partial charge in [-0.15, -0.1) is 0 Å². The molecule has 0 rings (SSSR count). The van der Waals surface area contributed by atoms with Crippen molar-refractivity contribution in [1.29, 1.82) is 0 Å².